The second-order valence-corrected chi connectivity index (χ2v) is 11.3. The molecule has 0 bridgehead atoms. The molecular weight excluding hydrogens is 600 g/mol. The van der Waals surface area contributed by atoms with Crippen LogP contribution in [0.3, 0.4) is 0 Å². The summed E-state index contributed by atoms with van der Waals surface area (Å²) in [6.45, 7) is 1.93. The zero-order valence-corrected chi connectivity index (χ0v) is 26.9. The van der Waals surface area contributed by atoms with Gasteiger partial charge in [-0.2, -0.15) is 0 Å². The molecule has 0 unspecified atom stereocenters. The highest BCUT2D eigenvalue weighted by Gasteiger charge is 2.27. The van der Waals surface area contributed by atoms with E-state index in [1.165, 1.54) is 0 Å². The molecule has 47 heavy (non-hydrogen) atoms. The number of nitrogens with zero attached hydrogens (tertiary/aromatic N) is 3. The number of nitro groups is 1. The van der Waals surface area contributed by atoms with E-state index in [9.17, 15) is 24.5 Å². The Morgan fingerprint density at radius 3 is 1.96 bits per heavy atom. The third kappa shape index (κ3) is 13.3. The summed E-state index contributed by atoms with van der Waals surface area (Å²) in [7, 11) is 3.98. The first-order valence-corrected chi connectivity index (χ1v) is 15.5. The summed E-state index contributed by atoms with van der Waals surface area (Å²) in [5.74, 6) is -1.76. The largest absolute Gasteiger partial charge is 0.365 e. The normalized spacial score (nSPS) is 12.0. The van der Waals surface area contributed by atoms with Crippen LogP contribution in [0.4, 0.5) is 0 Å². The maximum Gasteiger partial charge on any atom is 0.266 e. The minimum atomic E-state index is -0.902. The first-order chi connectivity index (χ1) is 22.6. The van der Waals surface area contributed by atoms with Crippen LogP contribution in [0.25, 0.3) is 0 Å². The predicted molar refractivity (Wildman–Crippen MR) is 181 cm³/mol. The number of nitrogens with two attached hydrogens (primary N) is 1. The van der Waals surface area contributed by atoms with Gasteiger partial charge in [0.15, 0.2) is 5.03 Å². The first-order valence-electron chi connectivity index (χ1n) is 15.5. The summed E-state index contributed by atoms with van der Waals surface area (Å²) >= 11 is 0. The Kier molecular flexibility index (Phi) is 14.8. The number of benzene rings is 3. The van der Waals surface area contributed by atoms with Gasteiger partial charge in [-0.1, -0.05) is 84.9 Å². The van der Waals surface area contributed by atoms with Crippen molar-refractivity contribution in [1.82, 2.24) is 26.2 Å². The number of carbonyl (C=O) groups excluding carboxylic acids is 3. The van der Waals surface area contributed by atoms with Gasteiger partial charge < -0.3 is 31.9 Å². The van der Waals surface area contributed by atoms with Gasteiger partial charge in [-0.15, -0.1) is 0 Å². The fraction of sp³-hybridized carbons (Fsp3) is 0.353. The summed E-state index contributed by atoms with van der Waals surface area (Å²) in [4.78, 5) is 52.1. The summed E-state index contributed by atoms with van der Waals surface area (Å²) in [5, 5.41) is 24.1. The minimum absolute atomic E-state index is 0.0476. The lowest BCUT2D eigenvalue weighted by atomic mass is 9.90. The van der Waals surface area contributed by atoms with Crippen LogP contribution < -0.4 is 27.0 Å². The molecular formula is C34H44N8O5. The van der Waals surface area contributed by atoms with Crippen molar-refractivity contribution in [2.45, 2.75) is 44.2 Å². The summed E-state index contributed by atoms with van der Waals surface area (Å²) in [6.07, 6.45) is 1.73. The van der Waals surface area contributed by atoms with E-state index in [-0.39, 0.29) is 49.6 Å². The maximum atomic E-state index is 13.8. The van der Waals surface area contributed by atoms with Crippen LogP contribution in [0.2, 0.25) is 0 Å². The highest BCUT2D eigenvalue weighted by molar-refractivity contribution is 5.92. The molecule has 0 fully saturated rings. The molecule has 3 aromatic rings. The molecule has 0 saturated carbocycles. The van der Waals surface area contributed by atoms with E-state index in [0.29, 0.717) is 13.0 Å². The Hall–Kier alpha value is -5.30. The molecule has 0 aromatic heterocycles. The summed E-state index contributed by atoms with van der Waals surface area (Å²) in [5.41, 5.74) is 8.76. The van der Waals surface area contributed by atoms with Crippen LogP contribution in [-0.2, 0) is 27.3 Å². The molecule has 0 heterocycles. The predicted octanol–water partition coefficient (Wildman–Crippen LogP) is 2.11. The van der Waals surface area contributed by atoms with Gasteiger partial charge in [0, 0.05) is 19.6 Å². The molecule has 0 spiro atoms. The highest BCUT2D eigenvalue weighted by atomic mass is 16.7. The van der Waals surface area contributed by atoms with E-state index in [4.69, 9.17) is 5.73 Å². The van der Waals surface area contributed by atoms with Gasteiger partial charge in [0.2, 0.25) is 17.7 Å². The molecule has 3 rings (SSSR count). The Labute approximate surface area is 275 Å². The fourth-order valence-corrected chi connectivity index (χ4v) is 4.91. The third-order valence-electron chi connectivity index (χ3n) is 7.28. The molecule has 0 saturated heterocycles. The van der Waals surface area contributed by atoms with Gasteiger partial charge >= 0.3 is 0 Å². The lowest BCUT2D eigenvalue weighted by molar-refractivity contribution is -0.485. The molecule has 3 aromatic carbocycles. The topological polar surface area (TPSA) is 184 Å². The minimum Gasteiger partial charge on any atom is -0.365 e. The number of amides is 3. The average Bonchev–Trinajstić information content (AvgIpc) is 3.05. The van der Waals surface area contributed by atoms with Crippen molar-refractivity contribution < 1.29 is 19.4 Å². The second kappa shape index (κ2) is 19.3. The van der Waals surface area contributed by atoms with Crippen LogP contribution in [0.5, 0.6) is 0 Å². The quantitative estimate of drug-likeness (QED) is 0.0458. The zero-order chi connectivity index (χ0) is 34.0. The van der Waals surface area contributed by atoms with Gasteiger partial charge in [-0.3, -0.25) is 14.4 Å². The van der Waals surface area contributed by atoms with Crippen LogP contribution >= 0.6 is 0 Å². The van der Waals surface area contributed by atoms with Crippen LogP contribution in [0.1, 0.15) is 47.4 Å². The Balaban J connectivity index is 1.65. The number of carbonyl (C=O) groups is 3. The Bertz CT molecular complexity index is 1430. The SMILES string of the molecule is CN(C)CCCNC(=O)Cc1ccc(CNC(=O)[C@@H](CCCNC(N)=N[N+](=O)[O-])NC(=O)C(c2ccccc2)c2ccccc2)cc1. The van der Waals surface area contributed by atoms with Crippen LogP contribution in [0, 0.1) is 10.1 Å². The smallest absolute Gasteiger partial charge is 0.266 e. The van der Waals surface area contributed by atoms with Crippen LogP contribution in [-0.4, -0.2) is 73.4 Å². The lowest BCUT2D eigenvalue weighted by Crippen LogP contribution is -2.48. The molecule has 6 N–H and O–H groups in total. The van der Waals surface area contributed by atoms with Gasteiger partial charge in [-0.25, -0.2) is 10.1 Å². The van der Waals surface area contributed by atoms with Crippen LogP contribution in [0.15, 0.2) is 90.0 Å². The van der Waals surface area contributed by atoms with Gasteiger partial charge in [0.25, 0.3) is 5.96 Å². The monoisotopic (exact) mass is 644 g/mol. The number of hydrogen-bond donors (Lipinski definition) is 5. The number of rotatable bonds is 18. The standard InChI is InChI=1S/C34H44N8O5/c1-41(2)22-10-21-36-30(43)23-25-16-18-26(19-17-25)24-38-32(44)29(15-9-20-37-34(35)40-42(46)47)39-33(45)31(27-11-5-3-6-12-27)28-13-7-4-8-14-28/h3-8,11-14,16-19,29,31H,9-10,15,20-24H2,1-2H3,(H,36,43)(H,38,44)(H,39,45)(H3,35,37,40)/t29-/m1/s1. The first kappa shape index (κ1) is 36.2. The molecule has 0 aliphatic heterocycles. The van der Waals surface area contributed by atoms with E-state index < -0.39 is 17.0 Å². The lowest BCUT2D eigenvalue weighted by Gasteiger charge is -2.23. The van der Waals surface area contributed by atoms with E-state index in [1.54, 1.807) is 0 Å². The van der Waals surface area contributed by atoms with E-state index in [1.807, 2.05) is 99.0 Å². The third-order valence-corrected chi connectivity index (χ3v) is 7.28. The summed E-state index contributed by atoms with van der Waals surface area (Å²) in [6, 6.07) is 25.1. The zero-order valence-electron chi connectivity index (χ0n) is 26.9. The van der Waals surface area contributed by atoms with Crippen molar-refractivity contribution in [3.63, 3.8) is 0 Å². The van der Waals surface area contributed by atoms with E-state index in [0.717, 1.165) is 35.2 Å². The molecule has 0 aliphatic rings. The number of guanidine groups is 1. The highest BCUT2D eigenvalue weighted by Crippen LogP contribution is 2.25. The van der Waals surface area contributed by atoms with Crippen molar-refractivity contribution in [2.24, 2.45) is 10.8 Å². The number of nitrogens with one attached hydrogen (secondary N) is 4. The molecule has 13 nitrogen and oxygen atoms in total. The molecule has 0 radical (unpaired) electrons. The van der Waals surface area contributed by atoms with Gasteiger partial charge in [0.1, 0.15) is 11.1 Å². The van der Waals surface area contributed by atoms with Crippen molar-refractivity contribution in [1.29, 1.82) is 0 Å². The second-order valence-electron chi connectivity index (χ2n) is 11.3. The molecule has 0 aliphatic carbocycles. The van der Waals surface area contributed by atoms with Crippen molar-refractivity contribution in [3.8, 4) is 0 Å². The number of hydrogen-bond acceptors (Lipinski definition) is 6. The van der Waals surface area contributed by atoms with Gasteiger partial charge in [-0.05, 0) is 62.2 Å². The van der Waals surface area contributed by atoms with Crippen molar-refractivity contribution >= 4 is 23.7 Å². The molecule has 13 heteroatoms. The molecule has 1 atom stereocenters. The van der Waals surface area contributed by atoms with Gasteiger partial charge in [0.05, 0.1) is 12.3 Å². The van der Waals surface area contributed by atoms with E-state index >= 15 is 0 Å². The molecule has 3 amide bonds. The number of hydrazone groups is 1. The van der Waals surface area contributed by atoms with Crippen molar-refractivity contribution in [3.05, 3.63) is 117 Å². The van der Waals surface area contributed by atoms with E-state index in [2.05, 4.69) is 31.3 Å². The molecule has 250 valence electrons. The van der Waals surface area contributed by atoms with Crippen molar-refractivity contribution in [2.75, 3.05) is 33.7 Å². The fourth-order valence-electron chi connectivity index (χ4n) is 4.91. The average molecular weight is 645 g/mol. The summed E-state index contributed by atoms with van der Waals surface area (Å²) < 4.78 is 0. The Morgan fingerprint density at radius 1 is 0.809 bits per heavy atom. The Morgan fingerprint density at radius 2 is 1.38 bits per heavy atom. The maximum absolute atomic E-state index is 13.8.